The van der Waals surface area contributed by atoms with Crippen LogP contribution in [0.1, 0.15) is 0 Å². The predicted molar refractivity (Wildman–Crippen MR) is 70.5 cm³/mol. The monoisotopic (exact) mass is 350 g/mol. The standard InChI is InChI=1S/C11H12BrFN2O3S/c1-14-4-5-15(7-11(14)16)19(17,18)8-2-3-9(12)10(13)6-8/h2-3,6H,4-5,7H2,1H3. The first kappa shape index (κ1) is 14.4. The third-order valence-corrected chi connectivity index (χ3v) is 5.44. The molecule has 1 amide bonds. The maximum Gasteiger partial charge on any atom is 0.243 e. The summed E-state index contributed by atoms with van der Waals surface area (Å²) < 4.78 is 39.2. The summed E-state index contributed by atoms with van der Waals surface area (Å²) >= 11 is 2.97. The van der Waals surface area contributed by atoms with Gasteiger partial charge in [-0.25, -0.2) is 12.8 Å². The van der Waals surface area contributed by atoms with Crippen LogP contribution < -0.4 is 0 Å². The van der Waals surface area contributed by atoms with Gasteiger partial charge in [-0.2, -0.15) is 4.31 Å². The van der Waals surface area contributed by atoms with Crippen molar-refractivity contribution in [3.05, 3.63) is 28.5 Å². The van der Waals surface area contributed by atoms with Crippen LogP contribution in [0.5, 0.6) is 0 Å². The Kier molecular flexibility index (Phi) is 3.93. The number of hydrogen-bond acceptors (Lipinski definition) is 3. The molecule has 1 heterocycles. The second kappa shape index (κ2) is 5.18. The van der Waals surface area contributed by atoms with Gasteiger partial charge in [0, 0.05) is 20.1 Å². The molecule has 0 radical (unpaired) electrons. The van der Waals surface area contributed by atoms with Gasteiger partial charge in [0.1, 0.15) is 5.82 Å². The van der Waals surface area contributed by atoms with Gasteiger partial charge < -0.3 is 4.90 Å². The van der Waals surface area contributed by atoms with Crippen LogP contribution in [0, 0.1) is 5.82 Å². The molecule has 0 atom stereocenters. The van der Waals surface area contributed by atoms with Crippen molar-refractivity contribution in [1.29, 1.82) is 0 Å². The Labute approximate surface area is 119 Å². The zero-order valence-corrected chi connectivity index (χ0v) is 12.5. The van der Waals surface area contributed by atoms with Gasteiger partial charge in [-0.1, -0.05) is 0 Å². The summed E-state index contributed by atoms with van der Waals surface area (Å²) in [5.74, 6) is -0.922. The fourth-order valence-electron chi connectivity index (χ4n) is 1.73. The van der Waals surface area contributed by atoms with Crippen LogP contribution >= 0.6 is 15.9 Å². The molecule has 0 aromatic heterocycles. The molecule has 1 aromatic rings. The first-order chi connectivity index (χ1) is 8.82. The number of amides is 1. The predicted octanol–water partition coefficient (Wildman–Crippen LogP) is 1.05. The molecule has 0 unspecified atom stereocenters. The summed E-state index contributed by atoms with van der Waals surface area (Å²) in [4.78, 5) is 12.9. The average Bonchev–Trinajstić information content (AvgIpc) is 2.35. The van der Waals surface area contributed by atoms with Crippen LogP contribution in [0.3, 0.4) is 0 Å². The van der Waals surface area contributed by atoms with Crippen LogP contribution in [0.2, 0.25) is 0 Å². The van der Waals surface area contributed by atoms with Gasteiger partial charge in [-0.15, -0.1) is 0 Å². The van der Waals surface area contributed by atoms with Gasteiger partial charge in [0.05, 0.1) is 15.9 Å². The molecule has 104 valence electrons. The van der Waals surface area contributed by atoms with Crippen LogP contribution in [-0.4, -0.2) is 50.2 Å². The van der Waals surface area contributed by atoms with E-state index in [2.05, 4.69) is 15.9 Å². The number of piperazine rings is 1. The highest BCUT2D eigenvalue weighted by atomic mass is 79.9. The molecule has 0 aliphatic carbocycles. The Morgan fingerprint density at radius 1 is 1.32 bits per heavy atom. The number of benzene rings is 1. The van der Waals surface area contributed by atoms with E-state index in [9.17, 15) is 17.6 Å². The first-order valence-corrected chi connectivity index (χ1v) is 7.75. The van der Waals surface area contributed by atoms with E-state index in [1.165, 1.54) is 17.0 Å². The lowest BCUT2D eigenvalue weighted by atomic mass is 10.3. The van der Waals surface area contributed by atoms with Gasteiger partial charge in [0.15, 0.2) is 0 Å². The zero-order chi connectivity index (χ0) is 14.2. The second-order valence-corrected chi connectivity index (χ2v) is 7.02. The maximum atomic E-state index is 13.4. The molecule has 5 nitrogen and oxygen atoms in total. The van der Waals surface area contributed by atoms with Crippen molar-refractivity contribution in [2.45, 2.75) is 4.90 Å². The third kappa shape index (κ3) is 2.80. The van der Waals surface area contributed by atoms with Crippen molar-refractivity contribution in [3.8, 4) is 0 Å². The first-order valence-electron chi connectivity index (χ1n) is 5.51. The Bertz CT molecular complexity index is 620. The lowest BCUT2D eigenvalue weighted by Crippen LogP contribution is -2.50. The molecule has 0 bridgehead atoms. The van der Waals surface area contributed by atoms with Crippen LogP contribution in [0.25, 0.3) is 0 Å². The van der Waals surface area contributed by atoms with Crippen molar-refractivity contribution < 1.29 is 17.6 Å². The Morgan fingerprint density at radius 3 is 2.58 bits per heavy atom. The van der Waals surface area contributed by atoms with Crippen molar-refractivity contribution in [2.75, 3.05) is 26.7 Å². The van der Waals surface area contributed by atoms with Gasteiger partial charge in [0.25, 0.3) is 0 Å². The molecule has 1 aromatic carbocycles. The van der Waals surface area contributed by atoms with E-state index in [-0.39, 0.29) is 28.4 Å². The molecular weight excluding hydrogens is 339 g/mol. The molecular formula is C11H12BrFN2O3S. The molecule has 1 aliphatic heterocycles. The van der Waals surface area contributed by atoms with Gasteiger partial charge >= 0.3 is 0 Å². The van der Waals surface area contributed by atoms with Crippen molar-refractivity contribution in [3.63, 3.8) is 0 Å². The Morgan fingerprint density at radius 2 is 2.00 bits per heavy atom. The summed E-state index contributed by atoms with van der Waals surface area (Å²) in [6, 6.07) is 3.59. The number of hydrogen-bond donors (Lipinski definition) is 0. The molecule has 0 saturated carbocycles. The van der Waals surface area contributed by atoms with E-state index in [0.29, 0.717) is 6.54 Å². The lowest BCUT2D eigenvalue weighted by Gasteiger charge is -2.31. The maximum absolute atomic E-state index is 13.4. The Hall–Kier alpha value is -0.990. The quantitative estimate of drug-likeness (QED) is 0.801. The minimum atomic E-state index is -3.83. The van der Waals surface area contributed by atoms with Gasteiger partial charge in [0.2, 0.25) is 15.9 Å². The van der Waals surface area contributed by atoms with E-state index in [1.54, 1.807) is 7.05 Å². The van der Waals surface area contributed by atoms with Crippen molar-refractivity contribution >= 4 is 31.9 Å². The minimum Gasteiger partial charge on any atom is -0.343 e. The molecule has 1 fully saturated rings. The highest BCUT2D eigenvalue weighted by molar-refractivity contribution is 9.10. The molecule has 0 N–H and O–H groups in total. The fourth-order valence-corrected chi connectivity index (χ4v) is 3.37. The largest absolute Gasteiger partial charge is 0.343 e. The van der Waals surface area contributed by atoms with E-state index in [4.69, 9.17) is 0 Å². The number of carbonyl (C=O) groups is 1. The van der Waals surface area contributed by atoms with Crippen LogP contribution in [0.15, 0.2) is 27.6 Å². The second-order valence-electron chi connectivity index (χ2n) is 4.23. The molecule has 0 spiro atoms. The fraction of sp³-hybridized carbons (Fsp3) is 0.364. The summed E-state index contributed by atoms with van der Waals surface area (Å²) in [5.41, 5.74) is 0. The zero-order valence-electron chi connectivity index (χ0n) is 10.1. The van der Waals surface area contributed by atoms with E-state index in [1.807, 2.05) is 0 Å². The summed E-state index contributed by atoms with van der Waals surface area (Å²) in [7, 11) is -2.22. The molecule has 1 aliphatic rings. The molecule has 2 rings (SSSR count). The topological polar surface area (TPSA) is 57.7 Å². The smallest absolute Gasteiger partial charge is 0.243 e. The van der Waals surface area contributed by atoms with Gasteiger partial charge in [-0.05, 0) is 34.1 Å². The number of halogens is 2. The Balaban J connectivity index is 2.32. The van der Waals surface area contributed by atoms with Crippen LogP contribution in [0.4, 0.5) is 4.39 Å². The molecule has 8 heteroatoms. The minimum absolute atomic E-state index is 0.148. The third-order valence-electron chi connectivity index (χ3n) is 2.95. The van der Waals surface area contributed by atoms with Crippen LogP contribution in [-0.2, 0) is 14.8 Å². The van der Waals surface area contributed by atoms with Gasteiger partial charge in [-0.3, -0.25) is 4.79 Å². The number of rotatable bonds is 2. The molecule has 1 saturated heterocycles. The van der Waals surface area contributed by atoms with E-state index >= 15 is 0 Å². The highest BCUT2D eigenvalue weighted by Gasteiger charge is 2.31. The summed E-state index contributed by atoms with van der Waals surface area (Å²) in [6.45, 7) is 0.329. The number of likely N-dealkylation sites (N-methyl/N-ethyl adjacent to an activating group) is 1. The van der Waals surface area contributed by atoms with Crippen molar-refractivity contribution in [2.24, 2.45) is 0 Å². The number of sulfonamides is 1. The SMILES string of the molecule is CN1CCN(S(=O)(=O)c2ccc(Br)c(F)c2)CC1=O. The van der Waals surface area contributed by atoms with E-state index in [0.717, 1.165) is 10.4 Å². The summed E-state index contributed by atoms with van der Waals surface area (Å²) in [5, 5.41) is 0. The van der Waals surface area contributed by atoms with E-state index < -0.39 is 15.8 Å². The lowest BCUT2D eigenvalue weighted by molar-refractivity contribution is -0.132. The molecule has 19 heavy (non-hydrogen) atoms. The highest BCUT2D eigenvalue weighted by Crippen LogP contribution is 2.22. The average molecular weight is 351 g/mol. The summed E-state index contributed by atoms with van der Waals surface area (Å²) in [6.07, 6.45) is 0. The van der Waals surface area contributed by atoms with Crippen molar-refractivity contribution in [1.82, 2.24) is 9.21 Å². The normalized spacial score (nSPS) is 17.8. The number of nitrogens with zero attached hydrogens (tertiary/aromatic N) is 2. The number of carbonyl (C=O) groups excluding carboxylic acids is 1.